The van der Waals surface area contributed by atoms with Crippen LogP contribution in [-0.2, 0) is 5.60 Å². The van der Waals surface area contributed by atoms with Gasteiger partial charge in [0, 0.05) is 53.4 Å². The smallest absolute Gasteiger partial charge is 0.277 e. The van der Waals surface area contributed by atoms with Gasteiger partial charge in [-0.2, -0.15) is 5.10 Å². The number of aryl methyl sites for hydroxylation is 1. The van der Waals surface area contributed by atoms with Crippen molar-refractivity contribution in [3.8, 4) is 11.5 Å². The van der Waals surface area contributed by atoms with Gasteiger partial charge in [0.15, 0.2) is 5.69 Å². The summed E-state index contributed by atoms with van der Waals surface area (Å²) >= 11 is 0. The molecule has 0 bridgehead atoms. The van der Waals surface area contributed by atoms with E-state index in [9.17, 15) is 9.90 Å². The molecule has 4 aromatic rings. The molecular weight excluding hydrogens is 468 g/mol. The summed E-state index contributed by atoms with van der Waals surface area (Å²) in [5.74, 6) is -0.0632. The molecule has 3 aromatic heterocycles. The van der Waals surface area contributed by atoms with Crippen molar-refractivity contribution in [1.29, 1.82) is 0 Å². The number of aromatic nitrogens is 4. The van der Waals surface area contributed by atoms with E-state index in [0.29, 0.717) is 28.6 Å². The van der Waals surface area contributed by atoms with Gasteiger partial charge in [0.25, 0.3) is 5.91 Å². The number of nitrogens with one attached hydrogen (secondary N) is 2. The minimum atomic E-state index is -1.18. The van der Waals surface area contributed by atoms with Crippen molar-refractivity contribution in [3.05, 3.63) is 59.9 Å². The Morgan fingerprint density at radius 3 is 2.70 bits per heavy atom. The first-order valence-corrected chi connectivity index (χ1v) is 12.9. The largest absolute Gasteiger partial charge is 0.444 e. The maximum atomic E-state index is 13.1. The van der Waals surface area contributed by atoms with Crippen molar-refractivity contribution in [2.45, 2.75) is 58.1 Å². The molecule has 0 unspecified atom stereocenters. The number of pyridine rings is 1. The Morgan fingerprint density at radius 1 is 1.24 bits per heavy atom. The molecule has 1 saturated heterocycles. The number of aliphatic hydroxyl groups is 1. The van der Waals surface area contributed by atoms with Crippen LogP contribution in [-0.4, -0.2) is 43.9 Å². The molecule has 1 aliphatic carbocycles. The van der Waals surface area contributed by atoms with Crippen molar-refractivity contribution < 1.29 is 14.3 Å². The summed E-state index contributed by atoms with van der Waals surface area (Å²) in [6, 6.07) is 7.76. The normalized spacial score (nSPS) is 17.7. The fraction of sp³-hybridized carbons (Fsp3) is 0.429. The summed E-state index contributed by atoms with van der Waals surface area (Å²) in [5.41, 5.74) is 2.97. The van der Waals surface area contributed by atoms with Crippen molar-refractivity contribution in [2.75, 3.05) is 18.4 Å². The van der Waals surface area contributed by atoms with E-state index in [0.717, 1.165) is 48.1 Å². The van der Waals surface area contributed by atoms with Crippen LogP contribution < -0.4 is 10.6 Å². The van der Waals surface area contributed by atoms with Crippen LogP contribution in [0.15, 0.2) is 47.3 Å². The van der Waals surface area contributed by atoms with E-state index in [4.69, 9.17) is 9.52 Å². The maximum absolute atomic E-state index is 13.1. The first-order chi connectivity index (χ1) is 17.7. The number of hydrogen-bond donors (Lipinski definition) is 3. The van der Waals surface area contributed by atoms with Crippen LogP contribution in [0.1, 0.15) is 67.3 Å². The highest BCUT2D eigenvalue weighted by Crippen LogP contribution is 2.43. The molecular formula is C28H32N6O3. The van der Waals surface area contributed by atoms with Gasteiger partial charge >= 0.3 is 0 Å². The highest BCUT2D eigenvalue weighted by Gasteiger charge is 2.40. The number of fused-ring (bicyclic) bond motifs is 1. The second-order valence-corrected chi connectivity index (χ2v) is 11.1. The summed E-state index contributed by atoms with van der Waals surface area (Å²) < 4.78 is 7.64. The SMILES string of the molecule is Cc1cc(-c2nc(C(=O)Nc3cc4cn(C5CCC6(CC5)CNC6)nc4cc3C(C)(C)O)co2)ccn1. The Balaban J connectivity index is 1.26. The number of benzene rings is 1. The number of carbonyl (C=O) groups excluding carboxylic acids is 1. The van der Waals surface area contributed by atoms with Crippen LogP contribution in [0.25, 0.3) is 22.4 Å². The summed E-state index contributed by atoms with van der Waals surface area (Å²) in [4.78, 5) is 21.7. The first-order valence-electron chi connectivity index (χ1n) is 12.9. The maximum Gasteiger partial charge on any atom is 0.277 e. The molecule has 2 aliphatic rings. The van der Waals surface area contributed by atoms with Gasteiger partial charge in [-0.3, -0.25) is 14.5 Å². The average molecular weight is 501 g/mol. The molecule has 1 aliphatic heterocycles. The zero-order valence-corrected chi connectivity index (χ0v) is 21.4. The molecule has 9 nitrogen and oxygen atoms in total. The zero-order chi connectivity index (χ0) is 25.8. The van der Waals surface area contributed by atoms with Crippen LogP contribution >= 0.6 is 0 Å². The molecule has 4 heterocycles. The van der Waals surface area contributed by atoms with Gasteiger partial charge < -0.3 is 20.2 Å². The molecule has 9 heteroatoms. The molecule has 1 amide bonds. The molecule has 1 spiro atoms. The van der Waals surface area contributed by atoms with Crippen LogP contribution in [0.2, 0.25) is 0 Å². The first kappa shape index (κ1) is 23.8. The number of amides is 1. The lowest BCUT2D eigenvalue weighted by Gasteiger charge is -2.47. The predicted molar refractivity (Wildman–Crippen MR) is 140 cm³/mol. The molecule has 1 aromatic carbocycles. The van der Waals surface area contributed by atoms with Crippen molar-refractivity contribution in [1.82, 2.24) is 25.1 Å². The second-order valence-electron chi connectivity index (χ2n) is 11.1. The van der Waals surface area contributed by atoms with Gasteiger partial charge in [-0.15, -0.1) is 0 Å². The van der Waals surface area contributed by atoms with Crippen molar-refractivity contribution in [2.24, 2.45) is 5.41 Å². The van der Waals surface area contributed by atoms with Crippen LogP contribution in [0, 0.1) is 12.3 Å². The zero-order valence-electron chi connectivity index (χ0n) is 21.4. The van der Waals surface area contributed by atoms with Crippen LogP contribution in [0.5, 0.6) is 0 Å². The van der Waals surface area contributed by atoms with Crippen molar-refractivity contribution >= 4 is 22.5 Å². The molecule has 1 saturated carbocycles. The van der Waals surface area contributed by atoms with E-state index in [1.807, 2.05) is 25.1 Å². The molecule has 0 atom stereocenters. The van der Waals surface area contributed by atoms with Gasteiger partial charge in [0.1, 0.15) is 6.26 Å². The van der Waals surface area contributed by atoms with E-state index in [-0.39, 0.29) is 5.69 Å². The monoisotopic (exact) mass is 500 g/mol. The molecule has 192 valence electrons. The van der Waals surface area contributed by atoms with E-state index in [1.165, 1.54) is 19.1 Å². The fourth-order valence-corrected chi connectivity index (χ4v) is 5.57. The molecule has 6 rings (SSSR count). The minimum absolute atomic E-state index is 0.156. The Labute approximate surface area is 215 Å². The number of nitrogens with zero attached hydrogens (tertiary/aromatic N) is 4. The molecule has 0 radical (unpaired) electrons. The standard InChI is InChI=1S/C28H32N6O3/c1-17-10-18(6-9-30-17)26-32-24(14-37-26)25(35)31-23-11-19-13-34(33-22(19)12-21(23)27(2,3)36)20-4-7-28(8-5-20)15-29-16-28/h6,9-14,20,29,36H,4-5,7-8,15-16H2,1-3H3,(H,31,35). The topological polar surface area (TPSA) is 118 Å². The third-order valence-electron chi connectivity index (χ3n) is 7.84. The van der Waals surface area contributed by atoms with E-state index >= 15 is 0 Å². The third kappa shape index (κ3) is 4.53. The van der Waals surface area contributed by atoms with Crippen molar-refractivity contribution in [3.63, 3.8) is 0 Å². The quantitative estimate of drug-likeness (QED) is 0.367. The van der Waals surface area contributed by atoms with Crippen LogP contribution in [0.4, 0.5) is 5.69 Å². The number of carbonyl (C=O) groups is 1. The fourth-order valence-electron chi connectivity index (χ4n) is 5.57. The average Bonchev–Trinajstić information content (AvgIpc) is 3.49. The van der Waals surface area contributed by atoms with Gasteiger partial charge in [-0.25, -0.2) is 4.98 Å². The third-order valence-corrected chi connectivity index (χ3v) is 7.84. The Morgan fingerprint density at radius 2 is 2.03 bits per heavy atom. The lowest BCUT2D eigenvalue weighted by Crippen LogP contribution is -2.54. The summed E-state index contributed by atoms with van der Waals surface area (Å²) in [7, 11) is 0. The van der Waals surface area contributed by atoms with Gasteiger partial charge in [0.05, 0.1) is 17.2 Å². The molecule has 37 heavy (non-hydrogen) atoms. The van der Waals surface area contributed by atoms with Gasteiger partial charge in [0.2, 0.25) is 5.89 Å². The predicted octanol–water partition coefficient (Wildman–Crippen LogP) is 4.58. The number of oxazole rings is 1. The highest BCUT2D eigenvalue weighted by atomic mass is 16.3. The lowest BCUT2D eigenvalue weighted by atomic mass is 9.68. The molecule has 2 fully saturated rings. The van der Waals surface area contributed by atoms with Gasteiger partial charge in [-0.1, -0.05) is 0 Å². The van der Waals surface area contributed by atoms with Gasteiger partial charge in [-0.05, 0) is 76.1 Å². The Bertz CT molecular complexity index is 1470. The second kappa shape index (κ2) is 8.78. The van der Waals surface area contributed by atoms with E-state index < -0.39 is 11.5 Å². The van der Waals surface area contributed by atoms with E-state index in [1.54, 1.807) is 26.1 Å². The summed E-state index contributed by atoms with van der Waals surface area (Å²) in [5, 5.41) is 23.1. The lowest BCUT2D eigenvalue weighted by molar-refractivity contribution is 0.0792. The minimum Gasteiger partial charge on any atom is -0.444 e. The number of anilines is 1. The number of rotatable bonds is 5. The summed E-state index contributed by atoms with van der Waals surface area (Å²) in [6.45, 7) is 7.55. The number of hydrogen-bond acceptors (Lipinski definition) is 7. The highest BCUT2D eigenvalue weighted by molar-refractivity contribution is 6.04. The Hall–Kier alpha value is -3.56. The van der Waals surface area contributed by atoms with Crippen LogP contribution in [0.3, 0.4) is 0 Å². The Kier molecular flexibility index (Phi) is 5.65. The molecule has 3 N–H and O–H groups in total. The summed E-state index contributed by atoms with van der Waals surface area (Å²) in [6.07, 6.45) is 9.74. The van der Waals surface area contributed by atoms with E-state index in [2.05, 4.69) is 31.5 Å².